The fourth-order valence-corrected chi connectivity index (χ4v) is 3.14. The van der Waals surface area contributed by atoms with Gasteiger partial charge in [0.15, 0.2) is 0 Å². The van der Waals surface area contributed by atoms with Crippen LogP contribution in [0, 0.1) is 13.8 Å². The summed E-state index contributed by atoms with van der Waals surface area (Å²) in [4.78, 5) is 11.3. The highest BCUT2D eigenvalue weighted by Gasteiger charge is 2.23. The van der Waals surface area contributed by atoms with Crippen LogP contribution in [0.15, 0.2) is 24.3 Å². The van der Waals surface area contributed by atoms with Crippen LogP contribution in [0.25, 0.3) is 0 Å². The summed E-state index contributed by atoms with van der Waals surface area (Å²) in [6.07, 6.45) is -0.00979. The number of morpholine rings is 1. The molecule has 23 heavy (non-hydrogen) atoms. The molecule has 0 radical (unpaired) electrons. The van der Waals surface area contributed by atoms with Crippen LogP contribution in [-0.4, -0.2) is 34.6 Å². The van der Waals surface area contributed by atoms with Crippen molar-refractivity contribution in [3.05, 3.63) is 57.1 Å². The summed E-state index contributed by atoms with van der Waals surface area (Å²) < 4.78 is 5.89. The van der Waals surface area contributed by atoms with Crippen molar-refractivity contribution in [1.29, 1.82) is 0 Å². The summed E-state index contributed by atoms with van der Waals surface area (Å²) in [6, 6.07) is 7.65. The van der Waals surface area contributed by atoms with E-state index in [2.05, 4.69) is 14.9 Å². The van der Waals surface area contributed by atoms with Gasteiger partial charge in [0.25, 0.3) is 0 Å². The van der Waals surface area contributed by atoms with Crippen LogP contribution in [-0.2, 0) is 11.3 Å². The van der Waals surface area contributed by atoms with Gasteiger partial charge in [0.1, 0.15) is 5.82 Å². The quantitative estimate of drug-likeness (QED) is 0.838. The van der Waals surface area contributed by atoms with Gasteiger partial charge in [-0.05, 0) is 37.6 Å². The minimum atomic E-state index is -0.00979. The van der Waals surface area contributed by atoms with Crippen molar-refractivity contribution in [2.24, 2.45) is 0 Å². The number of benzene rings is 1. The van der Waals surface area contributed by atoms with Crippen molar-refractivity contribution in [2.45, 2.75) is 26.5 Å². The van der Waals surface area contributed by atoms with E-state index in [0.29, 0.717) is 16.7 Å². The van der Waals surface area contributed by atoms with Crippen molar-refractivity contribution in [1.82, 2.24) is 14.9 Å². The molecule has 0 N–H and O–H groups in total. The monoisotopic (exact) mass is 351 g/mol. The summed E-state index contributed by atoms with van der Waals surface area (Å²) in [7, 11) is 0. The third kappa shape index (κ3) is 4.21. The zero-order chi connectivity index (χ0) is 16.4. The molecule has 1 aliphatic rings. The zero-order valence-electron chi connectivity index (χ0n) is 13.2. The molecule has 6 heteroatoms. The third-order valence-corrected chi connectivity index (χ3v) is 4.60. The second-order valence-electron chi connectivity index (χ2n) is 5.84. The molecular formula is C17H19Cl2N3O. The van der Waals surface area contributed by atoms with Gasteiger partial charge in [-0.25, -0.2) is 9.97 Å². The van der Waals surface area contributed by atoms with Crippen molar-refractivity contribution in [3.63, 3.8) is 0 Å². The number of hydrogen-bond donors (Lipinski definition) is 0. The lowest BCUT2D eigenvalue weighted by Gasteiger charge is -2.32. The number of aromatic nitrogens is 2. The van der Waals surface area contributed by atoms with E-state index in [1.807, 2.05) is 38.1 Å². The fourth-order valence-electron chi connectivity index (χ4n) is 2.83. The topological polar surface area (TPSA) is 38.2 Å². The van der Waals surface area contributed by atoms with Crippen LogP contribution in [0.2, 0.25) is 10.0 Å². The van der Waals surface area contributed by atoms with Crippen LogP contribution in [0.1, 0.15) is 28.9 Å². The van der Waals surface area contributed by atoms with Gasteiger partial charge in [-0.1, -0.05) is 29.3 Å². The van der Waals surface area contributed by atoms with Crippen LogP contribution in [0.3, 0.4) is 0 Å². The van der Waals surface area contributed by atoms with Gasteiger partial charge < -0.3 is 4.74 Å². The Balaban J connectivity index is 1.71. The molecule has 1 fully saturated rings. The molecule has 1 aromatic heterocycles. The number of halogens is 2. The summed E-state index contributed by atoms with van der Waals surface area (Å²) in [5.74, 6) is 0.859. The Morgan fingerprint density at radius 2 is 1.87 bits per heavy atom. The molecule has 122 valence electrons. The second-order valence-corrected chi connectivity index (χ2v) is 6.65. The van der Waals surface area contributed by atoms with E-state index < -0.39 is 0 Å². The Morgan fingerprint density at radius 1 is 1.13 bits per heavy atom. The maximum Gasteiger partial charge on any atom is 0.142 e. The Kier molecular flexibility index (Phi) is 5.17. The molecule has 0 amide bonds. The number of hydrogen-bond acceptors (Lipinski definition) is 4. The maximum atomic E-state index is 6.11. The van der Waals surface area contributed by atoms with E-state index in [0.717, 1.165) is 42.4 Å². The Hall–Kier alpha value is -1.20. The molecule has 0 saturated carbocycles. The molecule has 0 spiro atoms. The molecule has 1 saturated heterocycles. The number of nitrogens with zero attached hydrogens (tertiary/aromatic N) is 3. The lowest BCUT2D eigenvalue weighted by molar-refractivity contribution is -0.0336. The first kappa shape index (κ1) is 16.7. The van der Waals surface area contributed by atoms with Gasteiger partial charge >= 0.3 is 0 Å². The Labute approximate surface area is 146 Å². The van der Waals surface area contributed by atoms with E-state index in [9.17, 15) is 0 Å². The first-order valence-corrected chi connectivity index (χ1v) is 8.37. The second kappa shape index (κ2) is 7.14. The van der Waals surface area contributed by atoms with Gasteiger partial charge in [-0.15, -0.1) is 0 Å². The fraction of sp³-hybridized carbons (Fsp3) is 0.412. The molecule has 0 aliphatic carbocycles. The normalized spacial score (nSPS) is 19.0. The number of ether oxygens (including phenoxy) is 1. The van der Waals surface area contributed by atoms with Gasteiger partial charge in [0, 0.05) is 24.5 Å². The predicted molar refractivity (Wildman–Crippen MR) is 91.9 cm³/mol. The van der Waals surface area contributed by atoms with Crippen LogP contribution in [0.4, 0.5) is 0 Å². The largest absolute Gasteiger partial charge is 0.371 e. The smallest absolute Gasteiger partial charge is 0.142 e. The van der Waals surface area contributed by atoms with Crippen molar-refractivity contribution >= 4 is 23.2 Å². The van der Waals surface area contributed by atoms with Gasteiger partial charge in [-0.3, -0.25) is 4.90 Å². The Bertz CT molecular complexity index is 688. The first-order valence-electron chi connectivity index (χ1n) is 7.61. The van der Waals surface area contributed by atoms with E-state index >= 15 is 0 Å². The third-order valence-electron chi connectivity index (χ3n) is 3.86. The molecule has 2 aromatic rings. The highest BCUT2D eigenvalue weighted by molar-refractivity contribution is 6.42. The van der Waals surface area contributed by atoms with Gasteiger partial charge in [0.05, 0.1) is 29.3 Å². The van der Waals surface area contributed by atoms with Gasteiger partial charge in [-0.2, -0.15) is 0 Å². The summed E-state index contributed by atoms with van der Waals surface area (Å²) in [6.45, 7) is 7.05. The Morgan fingerprint density at radius 3 is 2.57 bits per heavy atom. The van der Waals surface area contributed by atoms with Crippen LogP contribution < -0.4 is 0 Å². The molecule has 3 rings (SSSR count). The molecular weight excluding hydrogens is 333 g/mol. The standard InChI is InChI=1S/C17H19Cl2N3O/c1-11-7-12(2)21-17(20-11)10-22-5-6-23-16(9-22)13-3-4-14(18)15(19)8-13/h3-4,7-8,16H,5-6,9-10H2,1-2H3. The minimum Gasteiger partial charge on any atom is -0.371 e. The van der Waals surface area contributed by atoms with Gasteiger partial charge in [0.2, 0.25) is 0 Å². The number of aryl methyl sites for hydroxylation is 2. The highest BCUT2D eigenvalue weighted by Crippen LogP contribution is 2.29. The molecule has 1 aliphatic heterocycles. The average Bonchev–Trinajstić information content (AvgIpc) is 2.49. The minimum absolute atomic E-state index is 0.00979. The molecule has 0 bridgehead atoms. The van der Waals surface area contributed by atoms with Crippen molar-refractivity contribution in [2.75, 3.05) is 19.7 Å². The first-order chi connectivity index (χ1) is 11.0. The van der Waals surface area contributed by atoms with E-state index in [4.69, 9.17) is 27.9 Å². The van der Waals surface area contributed by atoms with E-state index in [1.54, 1.807) is 0 Å². The molecule has 2 heterocycles. The molecule has 1 atom stereocenters. The molecule has 1 aromatic carbocycles. The highest BCUT2D eigenvalue weighted by atomic mass is 35.5. The lowest BCUT2D eigenvalue weighted by Crippen LogP contribution is -2.38. The maximum absolute atomic E-state index is 6.11. The van der Waals surface area contributed by atoms with Crippen LogP contribution >= 0.6 is 23.2 Å². The number of rotatable bonds is 3. The lowest BCUT2D eigenvalue weighted by atomic mass is 10.1. The summed E-state index contributed by atoms with van der Waals surface area (Å²) in [5.41, 5.74) is 3.05. The SMILES string of the molecule is Cc1cc(C)nc(CN2CCOC(c3ccc(Cl)c(Cl)c3)C2)n1. The van der Waals surface area contributed by atoms with Crippen LogP contribution in [0.5, 0.6) is 0 Å². The zero-order valence-corrected chi connectivity index (χ0v) is 14.7. The van der Waals surface area contributed by atoms with Crippen molar-refractivity contribution < 1.29 is 4.74 Å². The van der Waals surface area contributed by atoms with E-state index in [1.165, 1.54) is 0 Å². The summed E-state index contributed by atoms with van der Waals surface area (Å²) in [5, 5.41) is 1.12. The average molecular weight is 352 g/mol. The van der Waals surface area contributed by atoms with Crippen molar-refractivity contribution in [3.8, 4) is 0 Å². The summed E-state index contributed by atoms with van der Waals surface area (Å²) >= 11 is 12.1. The molecule has 4 nitrogen and oxygen atoms in total. The predicted octanol–water partition coefficient (Wildman–Crippen LogP) is 3.97. The molecule has 1 unspecified atom stereocenters. The van der Waals surface area contributed by atoms with E-state index in [-0.39, 0.29) is 6.10 Å².